The van der Waals surface area contributed by atoms with Gasteiger partial charge in [-0.2, -0.15) is 5.10 Å². The topological polar surface area (TPSA) is 58.4 Å². The summed E-state index contributed by atoms with van der Waals surface area (Å²) in [6.07, 6.45) is 11.6. The van der Waals surface area contributed by atoms with Gasteiger partial charge in [-0.05, 0) is 82.4 Å². The van der Waals surface area contributed by atoms with Crippen LogP contribution in [0.1, 0.15) is 73.8 Å². The second-order valence-electron chi connectivity index (χ2n) is 9.88. The molecule has 6 heteroatoms. The van der Waals surface area contributed by atoms with Crippen molar-refractivity contribution >= 4 is 28.2 Å². The summed E-state index contributed by atoms with van der Waals surface area (Å²) in [5.74, 6) is 0.563. The Balaban J connectivity index is 1.40. The number of benzene rings is 1. The molecule has 1 saturated carbocycles. The van der Waals surface area contributed by atoms with Crippen LogP contribution in [0.5, 0.6) is 0 Å². The Morgan fingerprint density at radius 1 is 1.03 bits per heavy atom. The highest BCUT2D eigenvalue weighted by molar-refractivity contribution is 6.07. The van der Waals surface area contributed by atoms with Crippen LogP contribution in [0.15, 0.2) is 24.4 Å². The van der Waals surface area contributed by atoms with Crippen molar-refractivity contribution in [2.75, 3.05) is 33.2 Å². The molecule has 1 aliphatic carbocycles. The summed E-state index contributed by atoms with van der Waals surface area (Å²) in [6, 6.07) is 4.68. The zero-order valence-corrected chi connectivity index (χ0v) is 19.3. The van der Waals surface area contributed by atoms with Gasteiger partial charge in [0, 0.05) is 30.0 Å². The van der Waals surface area contributed by atoms with E-state index >= 15 is 0 Å². The lowest BCUT2D eigenvalue weighted by Crippen LogP contribution is -2.43. The Labute approximate surface area is 190 Å². The quantitative estimate of drug-likeness (QED) is 0.673. The summed E-state index contributed by atoms with van der Waals surface area (Å²) in [5, 5.41) is 5.65. The normalized spacial score (nSPS) is 21.3. The highest BCUT2D eigenvalue weighted by atomic mass is 16.2. The third-order valence-corrected chi connectivity index (χ3v) is 7.73. The Hall–Kier alpha value is -2.47. The summed E-state index contributed by atoms with van der Waals surface area (Å²) in [5.41, 5.74) is 4.17. The number of amides is 1. The fraction of sp³-hybridized carbons (Fsp3) is 0.577. The molecule has 2 fully saturated rings. The summed E-state index contributed by atoms with van der Waals surface area (Å²) < 4.78 is 2.15. The number of carbonyl (C=O) groups is 2. The Morgan fingerprint density at radius 3 is 2.44 bits per heavy atom. The highest BCUT2D eigenvalue weighted by Gasteiger charge is 2.29. The van der Waals surface area contributed by atoms with Gasteiger partial charge in [-0.3, -0.25) is 14.3 Å². The van der Waals surface area contributed by atoms with Gasteiger partial charge >= 0.3 is 0 Å². The lowest BCUT2D eigenvalue weighted by atomic mass is 9.92. The molecule has 170 valence electrons. The predicted molar refractivity (Wildman–Crippen MR) is 127 cm³/mol. The summed E-state index contributed by atoms with van der Waals surface area (Å²) in [6.45, 7) is 5.08. The first-order chi connectivity index (χ1) is 15.5. The molecule has 1 aromatic heterocycles. The average Bonchev–Trinajstić information content (AvgIpc) is 3.48. The fourth-order valence-electron chi connectivity index (χ4n) is 5.71. The van der Waals surface area contributed by atoms with Crippen LogP contribution in [0, 0.1) is 5.92 Å². The van der Waals surface area contributed by atoms with Gasteiger partial charge in [-0.1, -0.05) is 18.9 Å². The number of likely N-dealkylation sites (tertiary alicyclic amines) is 1. The van der Waals surface area contributed by atoms with Gasteiger partial charge in [0.25, 0.3) is 0 Å². The molecule has 3 aliphatic rings. The van der Waals surface area contributed by atoms with Gasteiger partial charge in [0.15, 0.2) is 5.78 Å². The van der Waals surface area contributed by atoms with E-state index < -0.39 is 0 Å². The SMILES string of the molecule is CC(=O)c1cc(C2=CCN(C(=O)C3CCN(C)CC3)CC2)cc2c1cnn2C1CCCC1. The van der Waals surface area contributed by atoms with Crippen LogP contribution in [0.25, 0.3) is 16.5 Å². The minimum atomic E-state index is 0.0818. The van der Waals surface area contributed by atoms with Crippen LogP contribution in [-0.4, -0.2) is 64.5 Å². The van der Waals surface area contributed by atoms with E-state index in [1.807, 2.05) is 17.2 Å². The van der Waals surface area contributed by atoms with E-state index in [4.69, 9.17) is 0 Å². The Bertz CT molecular complexity index is 1060. The highest BCUT2D eigenvalue weighted by Crippen LogP contribution is 2.35. The van der Waals surface area contributed by atoms with Crippen molar-refractivity contribution in [2.24, 2.45) is 5.92 Å². The van der Waals surface area contributed by atoms with Gasteiger partial charge in [-0.15, -0.1) is 0 Å². The number of hydrogen-bond acceptors (Lipinski definition) is 4. The number of aromatic nitrogens is 2. The number of piperidine rings is 1. The molecule has 2 aliphatic heterocycles. The van der Waals surface area contributed by atoms with Gasteiger partial charge in [-0.25, -0.2) is 0 Å². The van der Waals surface area contributed by atoms with E-state index in [0.29, 0.717) is 18.5 Å². The average molecular weight is 435 g/mol. The number of nitrogens with zero attached hydrogens (tertiary/aromatic N) is 4. The first kappa shape index (κ1) is 21.4. The van der Waals surface area contributed by atoms with Crippen LogP contribution < -0.4 is 0 Å². The van der Waals surface area contributed by atoms with Gasteiger partial charge in [0.1, 0.15) is 0 Å². The molecule has 32 heavy (non-hydrogen) atoms. The maximum Gasteiger partial charge on any atom is 0.226 e. The lowest BCUT2D eigenvalue weighted by Gasteiger charge is -2.34. The number of hydrogen-bond donors (Lipinski definition) is 0. The molecular weight excluding hydrogens is 400 g/mol. The Kier molecular flexibility index (Phi) is 5.89. The summed E-state index contributed by atoms with van der Waals surface area (Å²) in [4.78, 5) is 29.8. The smallest absolute Gasteiger partial charge is 0.226 e. The molecule has 1 aromatic carbocycles. The lowest BCUT2D eigenvalue weighted by molar-refractivity contribution is -0.136. The number of ketones is 1. The number of carbonyl (C=O) groups excluding carboxylic acids is 2. The molecule has 2 aromatic rings. The van der Waals surface area contributed by atoms with E-state index in [2.05, 4.69) is 33.9 Å². The maximum absolute atomic E-state index is 13.0. The molecule has 0 bridgehead atoms. The first-order valence-corrected chi connectivity index (χ1v) is 12.2. The van der Waals surface area contributed by atoms with Crippen LogP contribution in [-0.2, 0) is 4.79 Å². The molecule has 0 N–H and O–H groups in total. The first-order valence-electron chi connectivity index (χ1n) is 12.2. The van der Waals surface area contributed by atoms with Crippen molar-refractivity contribution < 1.29 is 9.59 Å². The number of rotatable bonds is 4. The molecule has 6 nitrogen and oxygen atoms in total. The van der Waals surface area contributed by atoms with Gasteiger partial charge < -0.3 is 9.80 Å². The van der Waals surface area contributed by atoms with E-state index in [0.717, 1.165) is 73.8 Å². The monoisotopic (exact) mass is 434 g/mol. The Morgan fingerprint density at radius 2 is 1.78 bits per heavy atom. The molecule has 0 unspecified atom stereocenters. The van der Waals surface area contributed by atoms with Crippen LogP contribution in [0.3, 0.4) is 0 Å². The molecule has 5 rings (SSSR count). The van der Waals surface area contributed by atoms with Crippen molar-refractivity contribution in [3.63, 3.8) is 0 Å². The molecule has 0 radical (unpaired) electrons. The van der Waals surface area contributed by atoms with E-state index in [1.54, 1.807) is 6.92 Å². The molecule has 3 heterocycles. The van der Waals surface area contributed by atoms with Crippen molar-refractivity contribution in [1.82, 2.24) is 19.6 Å². The fourth-order valence-corrected chi connectivity index (χ4v) is 5.71. The third kappa shape index (κ3) is 4.01. The van der Waals surface area contributed by atoms with E-state index in [-0.39, 0.29) is 11.7 Å². The maximum atomic E-state index is 13.0. The van der Waals surface area contributed by atoms with Crippen molar-refractivity contribution in [1.29, 1.82) is 0 Å². The molecular formula is C26H34N4O2. The van der Waals surface area contributed by atoms with Gasteiger partial charge in [0.2, 0.25) is 5.91 Å². The zero-order chi connectivity index (χ0) is 22.2. The van der Waals surface area contributed by atoms with Crippen LogP contribution in [0.4, 0.5) is 0 Å². The molecule has 0 spiro atoms. The van der Waals surface area contributed by atoms with Crippen LogP contribution in [0.2, 0.25) is 0 Å². The summed E-state index contributed by atoms with van der Waals surface area (Å²) >= 11 is 0. The van der Waals surface area contributed by atoms with Gasteiger partial charge in [0.05, 0.1) is 17.8 Å². The minimum Gasteiger partial charge on any atom is -0.338 e. The number of fused-ring (bicyclic) bond motifs is 1. The van der Waals surface area contributed by atoms with Crippen molar-refractivity contribution in [3.05, 3.63) is 35.5 Å². The second-order valence-corrected chi connectivity index (χ2v) is 9.88. The van der Waals surface area contributed by atoms with Crippen molar-refractivity contribution in [2.45, 2.75) is 57.9 Å². The molecule has 1 saturated heterocycles. The largest absolute Gasteiger partial charge is 0.338 e. The predicted octanol–water partition coefficient (Wildman–Crippen LogP) is 4.31. The van der Waals surface area contributed by atoms with Crippen LogP contribution >= 0.6 is 0 Å². The number of Topliss-reactive ketones (excluding diaryl/α,β-unsaturated/α-hetero) is 1. The second kappa shape index (κ2) is 8.81. The minimum absolute atomic E-state index is 0.0818. The molecule has 1 amide bonds. The van der Waals surface area contributed by atoms with E-state index in [9.17, 15) is 9.59 Å². The summed E-state index contributed by atoms with van der Waals surface area (Å²) in [7, 11) is 2.13. The zero-order valence-electron chi connectivity index (χ0n) is 19.3. The van der Waals surface area contributed by atoms with Crippen molar-refractivity contribution in [3.8, 4) is 0 Å². The van der Waals surface area contributed by atoms with E-state index in [1.165, 1.54) is 18.4 Å². The molecule has 0 atom stereocenters. The standard InChI is InChI=1S/C26H34N4O2/c1-18(31)23-15-21(16-25-24(23)17-27-30(25)22-5-3-4-6-22)19-9-13-29(14-10-19)26(32)20-7-11-28(2)12-8-20/h9,15-17,20,22H,3-8,10-14H2,1-2H3. The third-order valence-electron chi connectivity index (χ3n) is 7.73.